The number of carbonyl (C=O) groups excluding carboxylic acids is 2. The maximum atomic E-state index is 13.4. The Bertz CT molecular complexity index is 1110. The van der Waals surface area contributed by atoms with E-state index < -0.39 is 5.54 Å². The molecule has 2 amide bonds. The lowest BCUT2D eigenvalue weighted by Crippen LogP contribution is -2.40. The summed E-state index contributed by atoms with van der Waals surface area (Å²) in [5.74, 6) is 0.198. The van der Waals surface area contributed by atoms with Crippen molar-refractivity contribution in [2.75, 3.05) is 12.4 Å². The van der Waals surface area contributed by atoms with Crippen molar-refractivity contribution in [2.24, 2.45) is 0 Å². The lowest BCUT2D eigenvalue weighted by Gasteiger charge is -2.21. The summed E-state index contributed by atoms with van der Waals surface area (Å²) in [4.78, 5) is 26.1. The van der Waals surface area contributed by atoms with Gasteiger partial charge in [-0.05, 0) is 62.2 Å². The normalized spacial score (nSPS) is 11.6. The topological polar surface area (TPSA) is 67.4 Å². The van der Waals surface area contributed by atoms with Crippen molar-refractivity contribution < 1.29 is 14.3 Å². The van der Waals surface area contributed by atoms with Gasteiger partial charge < -0.3 is 15.4 Å². The van der Waals surface area contributed by atoms with Gasteiger partial charge in [-0.1, -0.05) is 54.6 Å². The fourth-order valence-electron chi connectivity index (χ4n) is 3.15. The Morgan fingerprint density at radius 1 is 0.844 bits per heavy atom. The molecular weight excluding hydrogens is 400 g/mol. The Labute approximate surface area is 189 Å². The van der Waals surface area contributed by atoms with Crippen LogP contribution in [0.25, 0.3) is 11.6 Å². The molecule has 32 heavy (non-hydrogen) atoms. The third kappa shape index (κ3) is 6.08. The molecule has 3 aromatic rings. The highest BCUT2D eigenvalue weighted by Gasteiger charge is 2.20. The summed E-state index contributed by atoms with van der Waals surface area (Å²) in [5, 5.41) is 5.87. The van der Waals surface area contributed by atoms with E-state index in [1.165, 1.54) is 0 Å². The van der Waals surface area contributed by atoms with Crippen molar-refractivity contribution in [3.05, 3.63) is 95.6 Å². The number of anilines is 1. The fourth-order valence-corrected chi connectivity index (χ4v) is 3.15. The first-order valence-corrected chi connectivity index (χ1v) is 10.4. The zero-order valence-corrected chi connectivity index (χ0v) is 18.8. The highest BCUT2D eigenvalue weighted by molar-refractivity contribution is 6.29. The predicted molar refractivity (Wildman–Crippen MR) is 130 cm³/mol. The number of amides is 2. The summed E-state index contributed by atoms with van der Waals surface area (Å²) >= 11 is 0. The van der Waals surface area contributed by atoms with E-state index in [-0.39, 0.29) is 11.8 Å². The molecule has 0 saturated carbocycles. The summed E-state index contributed by atoms with van der Waals surface area (Å²) in [6, 6.07) is 23.9. The van der Waals surface area contributed by atoms with Crippen LogP contribution in [0.1, 0.15) is 42.3 Å². The average Bonchev–Trinajstić information content (AvgIpc) is 2.77. The van der Waals surface area contributed by atoms with Crippen molar-refractivity contribution >= 4 is 29.2 Å². The van der Waals surface area contributed by atoms with Gasteiger partial charge in [0.2, 0.25) is 0 Å². The molecule has 0 unspecified atom stereocenters. The van der Waals surface area contributed by atoms with Crippen LogP contribution >= 0.6 is 0 Å². The maximum absolute atomic E-state index is 13.4. The van der Waals surface area contributed by atoms with Crippen molar-refractivity contribution in [1.29, 1.82) is 0 Å². The average molecular weight is 429 g/mol. The quantitative estimate of drug-likeness (QED) is 0.408. The third-order valence-electron chi connectivity index (χ3n) is 4.66. The number of hydrogen-bond donors (Lipinski definition) is 2. The van der Waals surface area contributed by atoms with E-state index in [4.69, 9.17) is 4.74 Å². The molecule has 2 N–H and O–H groups in total. The van der Waals surface area contributed by atoms with Crippen LogP contribution in [0.15, 0.2) is 78.9 Å². The number of rotatable bonds is 6. The molecule has 5 heteroatoms. The van der Waals surface area contributed by atoms with Crippen molar-refractivity contribution in [3.8, 4) is 5.75 Å². The third-order valence-corrected chi connectivity index (χ3v) is 4.66. The van der Waals surface area contributed by atoms with Crippen LogP contribution in [-0.2, 0) is 4.79 Å². The maximum Gasteiger partial charge on any atom is 0.256 e. The van der Waals surface area contributed by atoms with E-state index in [1.54, 1.807) is 31.4 Å². The molecule has 164 valence electrons. The molecule has 0 heterocycles. The molecule has 0 aliphatic rings. The zero-order valence-electron chi connectivity index (χ0n) is 18.8. The minimum absolute atomic E-state index is 0.242. The first-order valence-electron chi connectivity index (χ1n) is 10.4. The number of hydrogen-bond acceptors (Lipinski definition) is 3. The Kier molecular flexibility index (Phi) is 7.11. The Hall–Kier alpha value is -3.86. The first kappa shape index (κ1) is 22.8. The summed E-state index contributed by atoms with van der Waals surface area (Å²) in [6.45, 7) is 5.74. The van der Waals surface area contributed by atoms with Gasteiger partial charge in [0.05, 0.1) is 18.4 Å². The molecular formula is C27H28N2O3. The molecule has 0 radical (unpaired) electrons. The number of methoxy groups -OCH3 is 1. The molecule has 0 atom stereocenters. The van der Waals surface area contributed by atoms with Gasteiger partial charge in [0.1, 0.15) is 5.75 Å². The van der Waals surface area contributed by atoms with Crippen LogP contribution in [0.3, 0.4) is 0 Å². The van der Waals surface area contributed by atoms with Crippen molar-refractivity contribution in [3.63, 3.8) is 0 Å². The number of carbonyl (C=O) groups is 2. The van der Waals surface area contributed by atoms with Crippen LogP contribution in [0.5, 0.6) is 5.75 Å². The summed E-state index contributed by atoms with van der Waals surface area (Å²) in [6.07, 6.45) is 1.82. The minimum Gasteiger partial charge on any atom is -0.497 e. The van der Waals surface area contributed by atoms with Crippen LogP contribution in [0.2, 0.25) is 0 Å². The van der Waals surface area contributed by atoms with Gasteiger partial charge >= 0.3 is 0 Å². The van der Waals surface area contributed by atoms with Gasteiger partial charge in [-0.2, -0.15) is 0 Å². The van der Waals surface area contributed by atoms with E-state index in [0.29, 0.717) is 16.8 Å². The van der Waals surface area contributed by atoms with Gasteiger partial charge in [0.25, 0.3) is 11.8 Å². The van der Waals surface area contributed by atoms with Crippen molar-refractivity contribution in [1.82, 2.24) is 5.32 Å². The van der Waals surface area contributed by atoms with Gasteiger partial charge in [-0.15, -0.1) is 0 Å². The number of para-hydroxylation sites is 1. The molecule has 0 aliphatic heterocycles. The number of ether oxygens (including phenoxy) is 1. The van der Waals surface area contributed by atoms with Crippen LogP contribution in [0, 0.1) is 0 Å². The summed E-state index contributed by atoms with van der Waals surface area (Å²) < 4.78 is 5.22. The number of nitrogens with one attached hydrogen (secondary N) is 2. The van der Waals surface area contributed by atoms with Crippen LogP contribution < -0.4 is 15.4 Å². The summed E-state index contributed by atoms with van der Waals surface area (Å²) in [5.41, 5.74) is 2.60. The molecule has 0 aromatic heterocycles. The molecule has 0 fully saturated rings. The van der Waals surface area contributed by atoms with Gasteiger partial charge in [0, 0.05) is 11.1 Å². The van der Waals surface area contributed by atoms with Crippen LogP contribution in [0.4, 0.5) is 5.69 Å². The van der Waals surface area contributed by atoms with E-state index in [1.807, 2.05) is 81.4 Å². The van der Waals surface area contributed by atoms with Gasteiger partial charge in [-0.25, -0.2) is 0 Å². The molecule has 0 spiro atoms. The van der Waals surface area contributed by atoms with Crippen molar-refractivity contribution in [2.45, 2.75) is 26.3 Å². The Morgan fingerprint density at radius 3 is 2.09 bits per heavy atom. The van der Waals surface area contributed by atoms with Gasteiger partial charge in [0.15, 0.2) is 0 Å². The van der Waals surface area contributed by atoms with Crippen LogP contribution in [-0.4, -0.2) is 24.5 Å². The highest BCUT2D eigenvalue weighted by Crippen LogP contribution is 2.24. The second kappa shape index (κ2) is 9.96. The summed E-state index contributed by atoms with van der Waals surface area (Å²) in [7, 11) is 1.61. The molecule has 0 aliphatic carbocycles. The molecule has 3 aromatic carbocycles. The molecule has 0 bridgehead atoms. The first-order chi connectivity index (χ1) is 15.3. The molecule has 0 saturated heterocycles. The van der Waals surface area contributed by atoms with E-state index in [0.717, 1.165) is 16.9 Å². The Morgan fingerprint density at radius 2 is 1.47 bits per heavy atom. The second-order valence-corrected chi connectivity index (χ2v) is 8.40. The monoisotopic (exact) mass is 428 g/mol. The van der Waals surface area contributed by atoms with E-state index in [9.17, 15) is 9.59 Å². The zero-order chi connectivity index (χ0) is 23.1. The second-order valence-electron chi connectivity index (χ2n) is 8.40. The predicted octanol–water partition coefficient (Wildman–Crippen LogP) is 5.40. The number of benzene rings is 3. The van der Waals surface area contributed by atoms with Gasteiger partial charge in [-0.3, -0.25) is 9.59 Å². The molecule has 5 nitrogen and oxygen atoms in total. The Balaban J connectivity index is 1.95. The standard InChI is InChI=1S/C27H28N2O3/c1-27(2,3)29-26(31)22-12-8-9-13-24(22)28-25(30)23(20-10-6-5-7-11-20)18-19-14-16-21(32-4)17-15-19/h5-18H,1-4H3,(H,28,30)(H,29,31)/b23-18+. The SMILES string of the molecule is COc1ccc(/C=C(/C(=O)Nc2ccccc2C(=O)NC(C)(C)C)c2ccccc2)cc1. The highest BCUT2D eigenvalue weighted by atomic mass is 16.5. The van der Waals surface area contributed by atoms with E-state index in [2.05, 4.69) is 10.6 Å². The lowest BCUT2D eigenvalue weighted by molar-refractivity contribution is -0.111. The largest absolute Gasteiger partial charge is 0.497 e. The van der Waals surface area contributed by atoms with E-state index >= 15 is 0 Å². The molecule has 3 rings (SSSR count). The lowest BCUT2D eigenvalue weighted by atomic mass is 10.0. The smallest absolute Gasteiger partial charge is 0.256 e. The fraction of sp³-hybridized carbons (Fsp3) is 0.185. The minimum atomic E-state index is -0.391.